The number of aromatic nitrogens is 2. The average Bonchev–Trinajstić information content (AvgIpc) is 2.77. The third-order valence-electron chi connectivity index (χ3n) is 3.14. The van der Waals surface area contributed by atoms with Crippen LogP contribution in [0.3, 0.4) is 0 Å². The van der Waals surface area contributed by atoms with Crippen LogP contribution in [0.1, 0.15) is 24.7 Å². The molecule has 0 saturated carbocycles. The van der Waals surface area contributed by atoms with Crippen LogP contribution in [0.4, 0.5) is 0 Å². The maximum Gasteiger partial charge on any atom is 0.0860 e. The van der Waals surface area contributed by atoms with Crippen molar-refractivity contribution >= 4 is 11.6 Å². The van der Waals surface area contributed by atoms with Gasteiger partial charge in [0.2, 0.25) is 0 Å². The zero-order valence-electron chi connectivity index (χ0n) is 9.91. The Kier molecular flexibility index (Phi) is 3.52. The number of hydrogen-bond donors (Lipinski definition) is 1. The first-order valence-corrected chi connectivity index (χ1v) is 6.19. The van der Waals surface area contributed by atoms with E-state index in [1.165, 1.54) is 0 Å². The first-order valence-electron chi connectivity index (χ1n) is 5.81. The monoisotopic (exact) mass is 242 g/mol. The van der Waals surface area contributed by atoms with Gasteiger partial charge >= 0.3 is 0 Å². The smallest absolute Gasteiger partial charge is 0.0860 e. The number of aryl methyl sites for hydroxylation is 2. The third kappa shape index (κ3) is 2.24. The number of halogens is 1. The highest BCUT2D eigenvalue weighted by Crippen LogP contribution is 2.23. The minimum absolute atomic E-state index is 0.317. The van der Waals surface area contributed by atoms with Gasteiger partial charge in [0, 0.05) is 32.2 Å². The highest BCUT2D eigenvalue weighted by molar-refractivity contribution is 6.31. The molecule has 5 heteroatoms. The Balaban J connectivity index is 2.14. The Hall–Kier alpha value is -0.580. The summed E-state index contributed by atoms with van der Waals surface area (Å²) in [7, 11) is 0. The maximum atomic E-state index is 6.27. The molecule has 16 heavy (non-hydrogen) atoms. The van der Waals surface area contributed by atoms with Crippen LogP contribution in [0.5, 0.6) is 0 Å². The molecule has 4 nitrogen and oxygen atoms in total. The Bertz CT molecular complexity index is 374. The molecule has 2 N–H and O–H groups in total. The third-order valence-corrected chi connectivity index (χ3v) is 3.63. The molecular formula is C11H19ClN4. The quantitative estimate of drug-likeness (QED) is 0.872. The van der Waals surface area contributed by atoms with Crippen LogP contribution >= 0.6 is 11.6 Å². The van der Waals surface area contributed by atoms with E-state index < -0.39 is 0 Å². The standard InChI is InChI=1S/C11H19ClN4/c1-3-16-10(11(12)8(2)14-16)7-15-5-4-9(13)6-15/h9H,3-7,13H2,1-2H3/t9-/m1/s1. The summed E-state index contributed by atoms with van der Waals surface area (Å²) < 4.78 is 1.99. The van der Waals surface area contributed by atoms with Gasteiger partial charge in [-0.1, -0.05) is 11.6 Å². The fourth-order valence-electron chi connectivity index (χ4n) is 2.24. The minimum Gasteiger partial charge on any atom is -0.326 e. The highest BCUT2D eigenvalue weighted by Gasteiger charge is 2.22. The van der Waals surface area contributed by atoms with Gasteiger partial charge in [0.05, 0.1) is 16.4 Å². The van der Waals surface area contributed by atoms with Gasteiger partial charge in [-0.2, -0.15) is 5.10 Å². The zero-order chi connectivity index (χ0) is 11.7. The molecule has 2 rings (SSSR count). The predicted octanol–water partition coefficient (Wildman–Crippen LogP) is 1.40. The molecule has 1 saturated heterocycles. The second-order valence-electron chi connectivity index (χ2n) is 4.45. The van der Waals surface area contributed by atoms with Crippen LogP contribution in [-0.4, -0.2) is 33.8 Å². The molecule has 1 aliphatic heterocycles. The number of nitrogens with two attached hydrogens (primary N) is 1. The van der Waals surface area contributed by atoms with Crippen LogP contribution in [0.2, 0.25) is 5.02 Å². The van der Waals surface area contributed by atoms with Gasteiger partial charge < -0.3 is 5.73 Å². The number of hydrogen-bond acceptors (Lipinski definition) is 3. The van der Waals surface area contributed by atoms with Crippen LogP contribution in [0.25, 0.3) is 0 Å². The van der Waals surface area contributed by atoms with E-state index in [1.54, 1.807) is 0 Å². The van der Waals surface area contributed by atoms with Crippen molar-refractivity contribution in [2.45, 2.75) is 39.4 Å². The molecule has 0 spiro atoms. The van der Waals surface area contributed by atoms with E-state index in [0.717, 1.165) is 49.0 Å². The Morgan fingerprint density at radius 3 is 2.88 bits per heavy atom. The van der Waals surface area contributed by atoms with Crippen molar-refractivity contribution in [1.29, 1.82) is 0 Å². The van der Waals surface area contributed by atoms with Gasteiger partial charge in [-0.05, 0) is 20.3 Å². The zero-order valence-corrected chi connectivity index (χ0v) is 10.7. The van der Waals surface area contributed by atoms with Gasteiger partial charge in [-0.25, -0.2) is 0 Å². The molecule has 2 heterocycles. The summed E-state index contributed by atoms with van der Waals surface area (Å²) in [6.45, 7) is 7.79. The first kappa shape index (κ1) is 11.9. The second kappa shape index (κ2) is 4.73. The average molecular weight is 243 g/mol. The van der Waals surface area contributed by atoms with Crippen molar-refractivity contribution in [2.24, 2.45) is 5.73 Å². The number of nitrogens with zero attached hydrogens (tertiary/aromatic N) is 3. The summed E-state index contributed by atoms with van der Waals surface area (Å²) in [5, 5.41) is 5.22. The van der Waals surface area contributed by atoms with E-state index >= 15 is 0 Å². The molecule has 1 aliphatic rings. The summed E-state index contributed by atoms with van der Waals surface area (Å²) in [4.78, 5) is 2.35. The van der Waals surface area contributed by atoms with E-state index in [2.05, 4.69) is 16.9 Å². The molecule has 0 radical (unpaired) electrons. The van der Waals surface area contributed by atoms with Crippen LogP contribution < -0.4 is 5.73 Å². The van der Waals surface area contributed by atoms with Crippen molar-refractivity contribution in [1.82, 2.24) is 14.7 Å². The van der Waals surface area contributed by atoms with Crippen LogP contribution in [0, 0.1) is 6.92 Å². The normalized spacial score (nSPS) is 21.9. The summed E-state index contributed by atoms with van der Waals surface area (Å²) in [6.07, 6.45) is 1.08. The molecule has 1 atom stereocenters. The molecule has 0 aliphatic carbocycles. The first-order chi connectivity index (χ1) is 7.61. The van der Waals surface area contributed by atoms with E-state index in [1.807, 2.05) is 11.6 Å². The summed E-state index contributed by atoms with van der Waals surface area (Å²) in [5.41, 5.74) is 7.94. The largest absolute Gasteiger partial charge is 0.326 e. The van der Waals surface area contributed by atoms with E-state index in [9.17, 15) is 0 Å². The summed E-state index contributed by atoms with van der Waals surface area (Å²) in [5.74, 6) is 0. The van der Waals surface area contributed by atoms with Crippen molar-refractivity contribution in [3.05, 3.63) is 16.4 Å². The highest BCUT2D eigenvalue weighted by atomic mass is 35.5. The molecule has 0 aromatic carbocycles. The Labute approximate surface area is 101 Å². The lowest BCUT2D eigenvalue weighted by molar-refractivity contribution is 0.315. The van der Waals surface area contributed by atoms with Crippen LogP contribution in [0.15, 0.2) is 0 Å². The molecule has 1 fully saturated rings. The predicted molar refractivity (Wildman–Crippen MR) is 65.5 cm³/mol. The van der Waals surface area contributed by atoms with Crippen molar-refractivity contribution in [2.75, 3.05) is 13.1 Å². The fraction of sp³-hybridized carbons (Fsp3) is 0.727. The molecule has 0 amide bonds. The van der Waals surface area contributed by atoms with E-state index in [4.69, 9.17) is 17.3 Å². The van der Waals surface area contributed by atoms with Gasteiger partial charge in [0.15, 0.2) is 0 Å². The molecule has 0 unspecified atom stereocenters. The van der Waals surface area contributed by atoms with Crippen LogP contribution in [-0.2, 0) is 13.1 Å². The topological polar surface area (TPSA) is 47.1 Å². The molecule has 0 bridgehead atoms. The lowest BCUT2D eigenvalue weighted by Gasteiger charge is -2.16. The molecular weight excluding hydrogens is 224 g/mol. The lowest BCUT2D eigenvalue weighted by Crippen LogP contribution is -2.27. The molecule has 90 valence electrons. The SMILES string of the molecule is CCn1nc(C)c(Cl)c1CN1CC[C@@H](N)C1. The molecule has 1 aromatic heterocycles. The van der Waals surface area contributed by atoms with Crippen molar-refractivity contribution in [3.8, 4) is 0 Å². The van der Waals surface area contributed by atoms with Gasteiger partial charge in [0.25, 0.3) is 0 Å². The fourth-order valence-corrected chi connectivity index (χ4v) is 2.43. The Morgan fingerprint density at radius 2 is 2.31 bits per heavy atom. The number of rotatable bonds is 3. The van der Waals surface area contributed by atoms with Crippen molar-refractivity contribution < 1.29 is 0 Å². The summed E-state index contributed by atoms with van der Waals surface area (Å²) >= 11 is 6.27. The Morgan fingerprint density at radius 1 is 1.56 bits per heavy atom. The van der Waals surface area contributed by atoms with Gasteiger partial charge in [-0.3, -0.25) is 9.58 Å². The lowest BCUT2D eigenvalue weighted by atomic mass is 10.3. The van der Waals surface area contributed by atoms with E-state index in [0.29, 0.717) is 6.04 Å². The van der Waals surface area contributed by atoms with Gasteiger partial charge in [0.1, 0.15) is 0 Å². The number of likely N-dealkylation sites (tertiary alicyclic amines) is 1. The summed E-state index contributed by atoms with van der Waals surface area (Å²) in [6, 6.07) is 0.317. The van der Waals surface area contributed by atoms with Gasteiger partial charge in [-0.15, -0.1) is 0 Å². The second-order valence-corrected chi connectivity index (χ2v) is 4.82. The minimum atomic E-state index is 0.317. The maximum absolute atomic E-state index is 6.27. The molecule has 1 aromatic rings. The van der Waals surface area contributed by atoms with E-state index in [-0.39, 0.29) is 0 Å². The van der Waals surface area contributed by atoms with Crippen molar-refractivity contribution in [3.63, 3.8) is 0 Å².